The number of aliphatic carboxylic acids is 1. The Labute approximate surface area is 127 Å². The van der Waals surface area contributed by atoms with Crippen LogP contribution in [-0.2, 0) is 9.59 Å². The maximum atomic E-state index is 12.7. The lowest BCUT2D eigenvalue weighted by atomic mass is 9.95. The van der Waals surface area contributed by atoms with Crippen LogP contribution in [0.4, 0.5) is 0 Å². The van der Waals surface area contributed by atoms with Crippen LogP contribution in [-0.4, -0.2) is 59.0 Å². The van der Waals surface area contributed by atoms with Crippen LogP contribution in [0, 0.1) is 17.8 Å². The molecule has 2 rings (SSSR count). The zero-order valence-corrected chi connectivity index (χ0v) is 13.4. The van der Waals surface area contributed by atoms with Gasteiger partial charge in [-0.05, 0) is 38.3 Å². The summed E-state index contributed by atoms with van der Waals surface area (Å²) < 4.78 is 0. The Kier molecular flexibility index (Phi) is 5.25. The number of likely N-dealkylation sites (N-methyl/N-ethyl adjacent to an activating group) is 1. The van der Waals surface area contributed by atoms with E-state index in [4.69, 9.17) is 0 Å². The van der Waals surface area contributed by atoms with Crippen molar-refractivity contribution < 1.29 is 14.7 Å². The lowest BCUT2D eigenvalue weighted by Gasteiger charge is -2.27. The van der Waals surface area contributed by atoms with Crippen LogP contribution >= 0.6 is 0 Å². The number of carbonyl (C=O) groups excluding carboxylic acids is 1. The molecule has 2 fully saturated rings. The molecule has 1 amide bonds. The normalized spacial score (nSPS) is 32.9. The van der Waals surface area contributed by atoms with Gasteiger partial charge in [-0.3, -0.25) is 14.5 Å². The fraction of sp³-hybridized carbons (Fsp3) is 0.875. The third kappa shape index (κ3) is 3.39. The molecular formula is C16H28N2O3. The minimum absolute atomic E-state index is 0.0707. The molecule has 21 heavy (non-hydrogen) atoms. The molecule has 0 aromatic heterocycles. The lowest BCUT2D eigenvalue weighted by molar-refractivity contribution is -0.148. The number of carboxylic acid groups (broad SMARTS) is 1. The minimum atomic E-state index is -0.808. The van der Waals surface area contributed by atoms with Crippen molar-refractivity contribution in [3.05, 3.63) is 0 Å². The van der Waals surface area contributed by atoms with Crippen LogP contribution < -0.4 is 0 Å². The van der Waals surface area contributed by atoms with Gasteiger partial charge in [-0.2, -0.15) is 0 Å². The molecule has 1 saturated carbocycles. The molecule has 5 heteroatoms. The Morgan fingerprint density at radius 3 is 2.38 bits per heavy atom. The summed E-state index contributed by atoms with van der Waals surface area (Å²) in [6, 6.07) is 0.436. The zero-order valence-electron chi connectivity index (χ0n) is 13.4. The second-order valence-electron chi connectivity index (χ2n) is 6.58. The predicted molar refractivity (Wildman–Crippen MR) is 80.9 cm³/mol. The molecule has 0 spiro atoms. The van der Waals surface area contributed by atoms with E-state index in [9.17, 15) is 14.7 Å². The molecule has 0 radical (unpaired) electrons. The smallest absolute Gasteiger partial charge is 0.307 e. The van der Waals surface area contributed by atoms with Crippen molar-refractivity contribution in [1.82, 2.24) is 9.80 Å². The molecule has 1 aliphatic carbocycles. The summed E-state index contributed by atoms with van der Waals surface area (Å²) in [5.74, 6) is -1.20. The van der Waals surface area contributed by atoms with E-state index < -0.39 is 11.9 Å². The van der Waals surface area contributed by atoms with Crippen molar-refractivity contribution in [3.8, 4) is 0 Å². The Hall–Kier alpha value is -1.10. The summed E-state index contributed by atoms with van der Waals surface area (Å²) in [5.41, 5.74) is 0. The summed E-state index contributed by atoms with van der Waals surface area (Å²) in [4.78, 5) is 28.4. The monoisotopic (exact) mass is 296 g/mol. The Morgan fingerprint density at radius 2 is 1.81 bits per heavy atom. The Morgan fingerprint density at radius 1 is 1.19 bits per heavy atom. The molecule has 0 aromatic rings. The first-order valence-corrected chi connectivity index (χ1v) is 8.23. The summed E-state index contributed by atoms with van der Waals surface area (Å²) in [6.45, 7) is 9.88. The summed E-state index contributed by atoms with van der Waals surface area (Å²) in [5, 5.41) is 9.33. The molecule has 5 nitrogen and oxygen atoms in total. The molecule has 2 aliphatic rings. The van der Waals surface area contributed by atoms with Crippen LogP contribution in [0.2, 0.25) is 0 Å². The minimum Gasteiger partial charge on any atom is -0.481 e. The van der Waals surface area contributed by atoms with E-state index in [1.165, 1.54) is 0 Å². The van der Waals surface area contributed by atoms with E-state index in [1.54, 1.807) is 0 Å². The second kappa shape index (κ2) is 6.77. The van der Waals surface area contributed by atoms with Gasteiger partial charge in [-0.25, -0.2) is 0 Å². The van der Waals surface area contributed by atoms with E-state index in [1.807, 2.05) is 11.8 Å². The fourth-order valence-corrected chi connectivity index (χ4v) is 4.05. The lowest BCUT2D eigenvalue weighted by Crippen LogP contribution is -2.41. The first-order valence-electron chi connectivity index (χ1n) is 8.23. The van der Waals surface area contributed by atoms with Gasteiger partial charge in [0, 0.05) is 19.1 Å². The van der Waals surface area contributed by atoms with Crippen molar-refractivity contribution in [1.29, 1.82) is 0 Å². The van der Waals surface area contributed by atoms with Gasteiger partial charge >= 0.3 is 5.97 Å². The number of nitrogens with zero attached hydrogens (tertiary/aromatic N) is 2. The summed E-state index contributed by atoms with van der Waals surface area (Å²) >= 11 is 0. The second-order valence-corrected chi connectivity index (χ2v) is 6.58. The molecule has 2 unspecified atom stereocenters. The average Bonchev–Trinajstić information content (AvgIpc) is 3.06. The molecule has 1 saturated heterocycles. The first kappa shape index (κ1) is 16.3. The third-order valence-corrected chi connectivity index (χ3v) is 5.24. The number of hydrogen-bond donors (Lipinski definition) is 1. The quantitative estimate of drug-likeness (QED) is 0.838. The molecule has 1 heterocycles. The SMILES string of the molecule is CCN(CC)C1CCN(C(=O)[C@H]2CC(C)C[C@H]2C(=O)O)C1. The molecule has 4 atom stereocenters. The standard InChI is InChI=1S/C16H28N2O3/c1-4-17(5-2)12-6-7-18(10-12)15(19)13-8-11(3)9-14(13)16(20)21/h11-14H,4-10H2,1-3H3,(H,20,21)/t11?,12?,13-,14+/m0/s1. The van der Waals surface area contributed by atoms with Crippen LogP contribution in [0.3, 0.4) is 0 Å². The highest BCUT2D eigenvalue weighted by Crippen LogP contribution is 2.38. The van der Waals surface area contributed by atoms with E-state index in [-0.39, 0.29) is 11.8 Å². The number of carboxylic acids is 1. The maximum absolute atomic E-state index is 12.7. The molecule has 1 aliphatic heterocycles. The predicted octanol–water partition coefficient (Wildman–Crippen LogP) is 1.68. The van der Waals surface area contributed by atoms with E-state index in [0.29, 0.717) is 18.4 Å². The highest BCUT2D eigenvalue weighted by molar-refractivity contribution is 5.85. The first-order chi connectivity index (χ1) is 9.97. The van der Waals surface area contributed by atoms with Crippen LogP contribution in [0.25, 0.3) is 0 Å². The van der Waals surface area contributed by atoms with Gasteiger partial charge in [0.1, 0.15) is 0 Å². The molecule has 120 valence electrons. The topological polar surface area (TPSA) is 60.9 Å². The van der Waals surface area contributed by atoms with Crippen LogP contribution in [0.15, 0.2) is 0 Å². The van der Waals surface area contributed by atoms with Crippen molar-refractivity contribution in [2.75, 3.05) is 26.2 Å². The van der Waals surface area contributed by atoms with Crippen molar-refractivity contribution >= 4 is 11.9 Å². The number of hydrogen-bond acceptors (Lipinski definition) is 3. The largest absolute Gasteiger partial charge is 0.481 e. The highest BCUT2D eigenvalue weighted by Gasteiger charge is 2.44. The summed E-state index contributed by atoms with van der Waals surface area (Å²) in [7, 11) is 0. The van der Waals surface area contributed by atoms with E-state index in [0.717, 1.165) is 39.0 Å². The zero-order chi connectivity index (χ0) is 15.6. The molecule has 1 N–H and O–H groups in total. The van der Waals surface area contributed by atoms with Gasteiger partial charge in [-0.1, -0.05) is 20.8 Å². The van der Waals surface area contributed by atoms with Gasteiger partial charge in [0.2, 0.25) is 5.91 Å². The number of rotatable bonds is 5. The molecular weight excluding hydrogens is 268 g/mol. The number of amides is 1. The van der Waals surface area contributed by atoms with Crippen LogP contribution in [0.5, 0.6) is 0 Å². The summed E-state index contributed by atoms with van der Waals surface area (Å²) in [6.07, 6.45) is 2.37. The van der Waals surface area contributed by atoms with Gasteiger partial charge < -0.3 is 10.0 Å². The molecule has 0 aromatic carbocycles. The number of carbonyl (C=O) groups is 2. The van der Waals surface area contributed by atoms with Gasteiger partial charge in [0.25, 0.3) is 0 Å². The van der Waals surface area contributed by atoms with Crippen molar-refractivity contribution in [2.45, 2.75) is 46.1 Å². The van der Waals surface area contributed by atoms with Gasteiger partial charge in [0.15, 0.2) is 0 Å². The highest BCUT2D eigenvalue weighted by atomic mass is 16.4. The van der Waals surface area contributed by atoms with Crippen LogP contribution in [0.1, 0.15) is 40.0 Å². The Balaban J connectivity index is 1.99. The third-order valence-electron chi connectivity index (χ3n) is 5.24. The van der Waals surface area contributed by atoms with Crippen molar-refractivity contribution in [2.24, 2.45) is 17.8 Å². The van der Waals surface area contributed by atoms with E-state index >= 15 is 0 Å². The maximum Gasteiger partial charge on any atom is 0.307 e. The van der Waals surface area contributed by atoms with Gasteiger partial charge in [0.05, 0.1) is 11.8 Å². The average molecular weight is 296 g/mol. The van der Waals surface area contributed by atoms with Crippen molar-refractivity contribution in [3.63, 3.8) is 0 Å². The number of likely N-dealkylation sites (tertiary alicyclic amines) is 1. The Bertz CT molecular complexity index is 395. The molecule has 0 bridgehead atoms. The fourth-order valence-electron chi connectivity index (χ4n) is 4.05. The van der Waals surface area contributed by atoms with E-state index in [2.05, 4.69) is 18.7 Å². The van der Waals surface area contributed by atoms with Gasteiger partial charge in [-0.15, -0.1) is 0 Å².